The molecule has 0 saturated carbocycles. The minimum atomic E-state index is -0.881. The molecule has 0 fully saturated rings. The summed E-state index contributed by atoms with van der Waals surface area (Å²) in [6, 6.07) is 7.14. The number of benzene rings is 1. The van der Waals surface area contributed by atoms with Crippen LogP contribution in [0.3, 0.4) is 0 Å². The summed E-state index contributed by atoms with van der Waals surface area (Å²) in [6.45, 7) is 5.78. The lowest BCUT2D eigenvalue weighted by molar-refractivity contribution is -0.136. The standard InChI is InChI=1S/C13H18O3/c1-13(2,3)12(16)10-7-5-4-6-9(10)8-11(14)15/h4-7,12,16H,8H2,1-3H3,(H,14,15). The number of hydrogen-bond acceptors (Lipinski definition) is 2. The highest BCUT2D eigenvalue weighted by atomic mass is 16.4. The lowest BCUT2D eigenvalue weighted by Gasteiger charge is -2.27. The van der Waals surface area contributed by atoms with Crippen molar-refractivity contribution in [2.75, 3.05) is 0 Å². The summed E-state index contributed by atoms with van der Waals surface area (Å²) in [7, 11) is 0. The second kappa shape index (κ2) is 4.66. The van der Waals surface area contributed by atoms with Crippen molar-refractivity contribution in [3.8, 4) is 0 Å². The largest absolute Gasteiger partial charge is 0.481 e. The SMILES string of the molecule is CC(C)(C)C(O)c1ccccc1CC(=O)O. The van der Waals surface area contributed by atoms with E-state index in [1.54, 1.807) is 18.2 Å². The van der Waals surface area contributed by atoms with E-state index in [-0.39, 0.29) is 11.8 Å². The zero-order valence-corrected chi connectivity index (χ0v) is 9.90. The number of rotatable bonds is 3. The Morgan fingerprint density at radius 3 is 2.38 bits per heavy atom. The van der Waals surface area contributed by atoms with E-state index in [0.717, 1.165) is 0 Å². The van der Waals surface area contributed by atoms with Crippen molar-refractivity contribution in [2.24, 2.45) is 5.41 Å². The molecular formula is C13H18O3. The number of carboxylic acid groups (broad SMARTS) is 1. The van der Waals surface area contributed by atoms with Crippen molar-refractivity contribution in [2.45, 2.75) is 33.3 Å². The molecule has 0 aliphatic carbocycles. The van der Waals surface area contributed by atoms with Gasteiger partial charge >= 0.3 is 5.97 Å². The Bertz CT molecular complexity index is 377. The highest BCUT2D eigenvalue weighted by molar-refractivity contribution is 5.70. The molecule has 3 heteroatoms. The molecule has 0 radical (unpaired) electrons. The fourth-order valence-electron chi connectivity index (χ4n) is 1.59. The van der Waals surface area contributed by atoms with E-state index in [9.17, 15) is 9.90 Å². The summed E-state index contributed by atoms with van der Waals surface area (Å²) in [5.41, 5.74) is 1.09. The molecule has 1 rings (SSSR count). The maximum Gasteiger partial charge on any atom is 0.307 e. The average molecular weight is 222 g/mol. The topological polar surface area (TPSA) is 57.5 Å². The van der Waals surface area contributed by atoms with Gasteiger partial charge in [0.15, 0.2) is 0 Å². The number of carbonyl (C=O) groups is 1. The molecule has 0 spiro atoms. The zero-order chi connectivity index (χ0) is 12.3. The summed E-state index contributed by atoms with van der Waals surface area (Å²) in [4.78, 5) is 10.7. The highest BCUT2D eigenvalue weighted by Gasteiger charge is 2.25. The first-order chi connectivity index (χ1) is 7.32. The Balaban J connectivity index is 3.08. The smallest absolute Gasteiger partial charge is 0.307 e. The summed E-state index contributed by atoms with van der Waals surface area (Å²) in [5, 5.41) is 19.0. The summed E-state index contributed by atoms with van der Waals surface area (Å²) in [6.07, 6.45) is -0.702. The van der Waals surface area contributed by atoms with Crippen LogP contribution in [0.15, 0.2) is 24.3 Å². The number of aliphatic hydroxyl groups excluding tert-OH is 1. The van der Waals surface area contributed by atoms with Crippen LogP contribution in [-0.4, -0.2) is 16.2 Å². The van der Waals surface area contributed by atoms with Gasteiger partial charge in [-0.15, -0.1) is 0 Å². The first-order valence-electron chi connectivity index (χ1n) is 5.30. The molecule has 3 nitrogen and oxygen atoms in total. The van der Waals surface area contributed by atoms with Crippen LogP contribution in [0.5, 0.6) is 0 Å². The molecule has 0 aliphatic rings. The van der Waals surface area contributed by atoms with Gasteiger partial charge in [0.25, 0.3) is 0 Å². The van der Waals surface area contributed by atoms with Crippen LogP contribution >= 0.6 is 0 Å². The van der Waals surface area contributed by atoms with Gasteiger partial charge in [-0.05, 0) is 16.5 Å². The Morgan fingerprint density at radius 2 is 1.88 bits per heavy atom. The van der Waals surface area contributed by atoms with Crippen molar-refractivity contribution >= 4 is 5.97 Å². The number of aliphatic hydroxyl groups is 1. The molecule has 0 aliphatic heterocycles. The van der Waals surface area contributed by atoms with Crippen molar-refractivity contribution in [1.29, 1.82) is 0 Å². The van der Waals surface area contributed by atoms with Crippen LogP contribution in [0.1, 0.15) is 38.0 Å². The Hall–Kier alpha value is -1.35. The quantitative estimate of drug-likeness (QED) is 0.825. The fourth-order valence-corrected chi connectivity index (χ4v) is 1.59. The summed E-state index contributed by atoms with van der Waals surface area (Å²) < 4.78 is 0. The van der Waals surface area contributed by atoms with E-state index >= 15 is 0 Å². The Morgan fingerprint density at radius 1 is 1.31 bits per heavy atom. The number of hydrogen-bond donors (Lipinski definition) is 2. The van der Waals surface area contributed by atoms with Crippen molar-refractivity contribution < 1.29 is 15.0 Å². The van der Waals surface area contributed by atoms with Crippen molar-refractivity contribution in [1.82, 2.24) is 0 Å². The van der Waals surface area contributed by atoms with E-state index < -0.39 is 12.1 Å². The zero-order valence-electron chi connectivity index (χ0n) is 9.90. The summed E-state index contributed by atoms with van der Waals surface area (Å²) in [5.74, 6) is -0.881. The van der Waals surface area contributed by atoms with Crippen LogP contribution in [0.2, 0.25) is 0 Å². The molecular weight excluding hydrogens is 204 g/mol. The van der Waals surface area contributed by atoms with Gasteiger partial charge in [-0.1, -0.05) is 45.0 Å². The molecule has 2 N–H and O–H groups in total. The third-order valence-electron chi connectivity index (χ3n) is 2.51. The number of aliphatic carboxylic acids is 1. The van der Waals surface area contributed by atoms with Crippen LogP contribution in [0.25, 0.3) is 0 Å². The van der Waals surface area contributed by atoms with E-state index in [1.165, 1.54) is 0 Å². The third-order valence-corrected chi connectivity index (χ3v) is 2.51. The Kier molecular flexibility index (Phi) is 3.70. The maximum absolute atomic E-state index is 10.7. The highest BCUT2D eigenvalue weighted by Crippen LogP contribution is 2.34. The monoisotopic (exact) mass is 222 g/mol. The third kappa shape index (κ3) is 3.07. The van der Waals surface area contributed by atoms with E-state index in [1.807, 2.05) is 26.8 Å². The Labute approximate surface area is 95.7 Å². The molecule has 16 heavy (non-hydrogen) atoms. The second-order valence-electron chi connectivity index (χ2n) is 5.04. The fraction of sp³-hybridized carbons (Fsp3) is 0.462. The van der Waals surface area contributed by atoms with Gasteiger partial charge in [0.05, 0.1) is 12.5 Å². The van der Waals surface area contributed by atoms with Gasteiger partial charge in [0.2, 0.25) is 0 Å². The average Bonchev–Trinajstić information content (AvgIpc) is 2.15. The minimum Gasteiger partial charge on any atom is -0.481 e. The molecule has 88 valence electrons. The predicted molar refractivity (Wildman–Crippen MR) is 62.2 cm³/mol. The maximum atomic E-state index is 10.7. The first kappa shape index (κ1) is 12.7. The second-order valence-corrected chi connectivity index (χ2v) is 5.04. The van der Waals surface area contributed by atoms with Gasteiger partial charge in [-0.3, -0.25) is 4.79 Å². The molecule has 1 aromatic carbocycles. The van der Waals surface area contributed by atoms with Gasteiger partial charge in [0.1, 0.15) is 0 Å². The molecule has 0 amide bonds. The lowest BCUT2D eigenvalue weighted by atomic mass is 9.82. The molecule has 0 saturated heterocycles. The lowest BCUT2D eigenvalue weighted by Crippen LogP contribution is -2.20. The van der Waals surface area contributed by atoms with E-state index in [0.29, 0.717) is 11.1 Å². The predicted octanol–water partition coefficient (Wildman–Crippen LogP) is 2.39. The normalized spacial score (nSPS) is 13.5. The van der Waals surface area contributed by atoms with Crippen molar-refractivity contribution in [3.05, 3.63) is 35.4 Å². The molecule has 1 atom stereocenters. The molecule has 0 heterocycles. The molecule has 1 unspecified atom stereocenters. The van der Waals surface area contributed by atoms with Crippen LogP contribution in [-0.2, 0) is 11.2 Å². The van der Waals surface area contributed by atoms with E-state index in [2.05, 4.69) is 0 Å². The number of carboxylic acids is 1. The minimum absolute atomic E-state index is 0.0523. The molecule has 1 aromatic rings. The van der Waals surface area contributed by atoms with Crippen molar-refractivity contribution in [3.63, 3.8) is 0 Å². The van der Waals surface area contributed by atoms with Gasteiger partial charge in [0, 0.05) is 0 Å². The first-order valence-corrected chi connectivity index (χ1v) is 5.30. The van der Waals surface area contributed by atoms with Gasteiger partial charge in [-0.2, -0.15) is 0 Å². The van der Waals surface area contributed by atoms with Gasteiger partial charge in [-0.25, -0.2) is 0 Å². The van der Waals surface area contributed by atoms with Crippen LogP contribution in [0, 0.1) is 5.41 Å². The summed E-state index contributed by atoms with van der Waals surface area (Å²) >= 11 is 0. The van der Waals surface area contributed by atoms with E-state index in [4.69, 9.17) is 5.11 Å². The molecule has 0 aromatic heterocycles. The van der Waals surface area contributed by atoms with Crippen LogP contribution < -0.4 is 0 Å². The molecule has 0 bridgehead atoms. The van der Waals surface area contributed by atoms with Crippen LogP contribution in [0.4, 0.5) is 0 Å². The van der Waals surface area contributed by atoms with Gasteiger partial charge < -0.3 is 10.2 Å².